The summed E-state index contributed by atoms with van der Waals surface area (Å²) in [4.78, 5) is 2.09. The molecule has 160 valence electrons. The van der Waals surface area contributed by atoms with Gasteiger partial charge in [0.15, 0.2) is 0 Å². The van der Waals surface area contributed by atoms with Crippen LogP contribution in [0.1, 0.15) is 30.9 Å². The van der Waals surface area contributed by atoms with E-state index < -0.39 is 0 Å². The van der Waals surface area contributed by atoms with E-state index in [0.717, 1.165) is 55.0 Å². The Morgan fingerprint density at radius 2 is 1.87 bits per heavy atom. The molecule has 0 aliphatic carbocycles. The molecule has 1 fully saturated rings. The summed E-state index contributed by atoms with van der Waals surface area (Å²) < 4.78 is 11.9. The van der Waals surface area contributed by atoms with Gasteiger partial charge in [0.1, 0.15) is 24.2 Å². The van der Waals surface area contributed by atoms with Gasteiger partial charge in [0.05, 0.1) is 5.84 Å². The van der Waals surface area contributed by atoms with Crippen molar-refractivity contribution < 1.29 is 9.47 Å². The van der Waals surface area contributed by atoms with Crippen LogP contribution in [-0.4, -0.2) is 42.6 Å². The van der Waals surface area contributed by atoms with Crippen LogP contribution in [0.2, 0.25) is 0 Å². The fraction of sp³-hybridized carbons (Fsp3) is 0.375. The van der Waals surface area contributed by atoms with Crippen molar-refractivity contribution in [3.05, 3.63) is 66.2 Å². The van der Waals surface area contributed by atoms with E-state index in [4.69, 9.17) is 26.4 Å². The van der Waals surface area contributed by atoms with E-state index in [1.807, 2.05) is 43.3 Å². The van der Waals surface area contributed by atoms with Gasteiger partial charge in [0, 0.05) is 43.2 Å². The summed E-state index contributed by atoms with van der Waals surface area (Å²) in [6.45, 7) is 7.77. The molecule has 2 aromatic carbocycles. The van der Waals surface area contributed by atoms with Crippen LogP contribution in [0.5, 0.6) is 11.5 Å². The number of likely N-dealkylation sites (tertiary alicyclic amines) is 1. The molecule has 1 atom stereocenters. The molecule has 2 aromatic rings. The highest BCUT2D eigenvalue weighted by atomic mass is 16.5. The molecular formula is C24H32N4O2. The Bertz CT molecular complexity index is 858. The molecule has 0 bridgehead atoms. The monoisotopic (exact) mass is 408 g/mol. The summed E-state index contributed by atoms with van der Waals surface area (Å²) in [5, 5.41) is 7.72. The van der Waals surface area contributed by atoms with Crippen molar-refractivity contribution >= 4 is 11.5 Å². The van der Waals surface area contributed by atoms with Gasteiger partial charge in [-0.2, -0.15) is 0 Å². The zero-order valence-corrected chi connectivity index (χ0v) is 17.6. The molecule has 0 amide bonds. The number of benzene rings is 2. The maximum Gasteiger partial charge on any atom is 0.120 e. The second-order valence-corrected chi connectivity index (χ2v) is 7.86. The summed E-state index contributed by atoms with van der Waals surface area (Å²) >= 11 is 0. The van der Waals surface area contributed by atoms with E-state index in [1.54, 1.807) is 0 Å². The average Bonchev–Trinajstić information content (AvgIpc) is 2.74. The molecular weight excluding hydrogens is 376 g/mol. The smallest absolute Gasteiger partial charge is 0.120 e. The van der Waals surface area contributed by atoms with Gasteiger partial charge in [0.2, 0.25) is 0 Å². The van der Waals surface area contributed by atoms with Crippen LogP contribution >= 0.6 is 0 Å². The maximum atomic E-state index is 7.72. The third kappa shape index (κ3) is 6.26. The number of amidine groups is 1. The molecule has 0 unspecified atom stereocenters. The quantitative estimate of drug-likeness (QED) is 0.459. The molecule has 0 aromatic heterocycles. The fourth-order valence-corrected chi connectivity index (χ4v) is 3.56. The normalized spacial score (nSPS) is 15.5. The Morgan fingerprint density at radius 1 is 1.17 bits per heavy atom. The van der Waals surface area contributed by atoms with Crippen LogP contribution in [0.25, 0.3) is 5.70 Å². The largest absolute Gasteiger partial charge is 0.492 e. The summed E-state index contributed by atoms with van der Waals surface area (Å²) in [5.74, 6) is 2.26. The van der Waals surface area contributed by atoms with Crippen molar-refractivity contribution in [2.45, 2.75) is 38.3 Å². The lowest BCUT2D eigenvalue weighted by molar-refractivity contribution is 0.130. The Hall–Kier alpha value is -2.99. The molecule has 0 saturated carbocycles. The van der Waals surface area contributed by atoms with Crippen LogP contribution in [0.4, 0.5) is 0 Å². The van der Waals surface area contributed by atoms with Crippen LogP contribution in [-0.2, 0) is 6.42 Å². The average molecular weight is 409 g/mol. The Labute approximate surface area is 179 Å². The molecule has 1 saturated heterocycles. The van der Waals surface area contributed by atoms with E-state index >= 15 is 0 Å². The summed E-state index contributed by atoms with van der Waals surface area (Å²) in [6.07, 6.45) is 2.82. The number of hydrogen-bond acceptors (Lipinski definition) is 5. The van der Waals surface area contributed by atoms with E-state index in [0.29, 0.717) is 18.1 Å². The minimum Gasteiger partial charge on any atom is -0.492 e. The van der Waals surface area contributed by atoms with Crippen LogP contribution in [0.15, 0.2) is 55.1 Å². The van der Waals surface area contributed by atoms with E-state index in [-0.39, 0.29) is 12.1 Å². The van der Waals surface area contributed by atoms with Crippen molar-refractivity contribution in [2.24, 2.45) is 11.5 Å². The maximum absolute atomic E-state index is 7.72. The zero-order valence-electron chi connectivity index (χ0n) is 17.6. The van der Waals surface area contributed by atoms with Crippen LogP contribution in [0, 0.1) is 5.41 Å². The highest BCUT2D eigenvalue weighted by Crippen LogP contribution is 2.21. The SMILES string of the molecule is C=C(N)c1cccc(OC[C@@H](N)Cc2ccc(OC3CCN(C(C)=N)CC3)cc2)c1. The summed E-state index contributed by atoms with van der Waals surface area (Å²) in [7, 11) is 0. The predicted octanol–water partition coefficient (Wildman–Crippen LogP) is 3.41. The zero-order chi connectivity index (χ0) is 21.5. The molecule has 0 radical (unpaired) electrons. The van der Waals surface area contributed by atoms with Crippen molar-refractivity contribution in [1.29, 1.82) is 5.41 Å². The molecule has 30 heavy (non-hydrogen) atoms. The molecule has 1 aliphatic rings. The second-order valence-electron chi connectivity index (χ2n) is 7.86. The third-order valence-corrected chi connectivity index (χ3v) is 5.31. The van der Waals surface area contributed by atoms with Crippen LogP contribution in [0.3, 0.4) is 0 Å². The van der Waals surface area contributed by atoms with Gasteiger partial charge in [-0.25, -0.2) is 0 Å². The van der Waals surface area contributed by atoms with Gasteiger partial charge in [-0.1, -0.05) is 30.8 Å². The van der Waals surface area contributed by atoms with E-state index in [9.17, 15) is 0 Å². The number of hydrogen-bond donors (Lipinski definition) is 3. The van der Waals surface area contributed by atoms with Crippen molar-refractivity contribution in [3.63, 3.8) is 0 Å². The highest BCUT2D eigenvalue weighted by molar-refractivity contribution is 5.76. The first-order valence-electron chi connectivity index (χ1n) is 10.4. The predicted molar refractivity (Wildman–Crippen MR) is 122 cm³/mol. The number of nitrogens with one attached hydrogen (secondary N) is 1. The fourth-order valence-electron chi connectivity index (χ4n) is 3.56. The lowest BCUT2D eigenvalue weighted by Gasteiger charge is -2.32. The first-order valence-corrected chi connectivity index (χ1v) is 10.4. The first kappa shape index (κ1) is 21.7. The first-order chi connectivity index (χ1) is 14.4. The number of ether oxygens (including phenoxy) is 2. The van der Waals surface area contributed by atoms with Gasteiger partial charge >= 0.3 is 0 Å². The van der Waals surface area contributed by atoms with Crippen molar-refractivity contribution in [1.82, 2.24) is 4.90 Å². The Morgan fingerprint density at radius 3 is 2.50 bits per heavy atom. The number of nitrogens with two attached hydrogens (primary N) is 2. The van der Waals surface area contributed by atoms with Crippen molar-refractivity contribution in [3.8, 4) is 11.5 Å². The lowest BCUT2D eigenvalue weighted by atomic mass is 10.1. The molecule has 6 heteroatoms. The van der Waals surface area contributed by atoms with Gasteiger partial charge in [0.25, 0.3) is 0 Å². The van der Waals surface area contributed by atoms with Gasteiger partial charge in [-0.3, -0.25) is 5.41 Å². The van der Waals surface area contributed by atoms with Gasteiger partial charge < -0.3 is 25.8 Å². The number of nitrogens with zero attached hydrogens (tertiary/aromatic N) is 1. The van der Waals surface area contributed by atoms with Gasteiger partial charge in [-0.15, -0.1) is 0 Å². The molecule has 6 nitrogen and oxygen atoms in total. The third-order valence-electron chi connectivity index (χ3n) is 5.31. The molecule has 5 N–H and O–H groups in total. The number of rotatable bonds is 8. The highest BCUT2D eigenvalue weighted by Gasteiger charge is 2.20. The number of piperidine rings is 1. The van der Waals surface area contributed by atoms with E-state index in [1.165, 1.54) is 0 Å². The standard InChI is InChI=1S/C24H32N4O2/c1-17(25)20-4-3-5-24(15-20)29-16-21(27)14-19-6-8-22(9-7-19)30-23-10-12-28(13-11-23)18(2)26/h3-9,15,21,23,26H,1,10-14,16,25,27H2,2H3/t21-/m0/s1. The molecule has 1 aliphatic heterocycles. The second kappa shape index (κ2) is 10.2. The minimum absolute atomic E-state index is 0.116. The topological polar surface area (TPSA) is 97.6 Å². The minimum atomic E-state index is -0.116. The van der Waals surface area contributed by atoms with Crippen molar-refractivity contribution in [2.75, 3.05) is 19.7 Å². The molecule has 1 heterocycles. The molecule has 0 spiro atoms. The Balaban J connectivity index is 1.44. The van der Waals surface area contributed by atoms with Gasteiger partial charge in [-0.05, 0) is 43.2 Å². The summed E-state index contributed by atoms with van der Waals surface area (Å²) in [5.41, 5.74) is 14.5. The van der Waals surface area contributed by atoms with E-state index in [2.05, 4.69) is 23.6 Å². The Kier molecular flexibility index (Phi) is 7.36. The molecule has 3 rings (SSSR count). The van der Waals surface area contributed by atoms with Crippen LogP contribution < -0.4 is 20.9 Å². The lowest BCUT2D eigenvalue weighted by Crippen LogP contribution is -2.40. The summed E-state index contributed by atoms with van der Waals surface area (Å²) in [6, 6.07) is 15.6.